The van der Waals surface area contributed by atoms with Gasteiger partial charge in [0.2, 0.25) is 0 Å². The third kappa shape index (κ3) is 1.12. The minimum absolute atomic E-state index is 1.08. The van der Waals surface area contributed by atoms with Crippen LogP contribution in [0.3, 0.4) is 0 Å². The monoisotopic (exact) mass is 238 g/mol. The number of aromatic nitrogens is 2. The summed E-state index contributed by atoms with van der Waals surface area (Å²) in [7, 11) is 0. The van der Waals surface area contributed by atoms with Crippen LogP contribution in [0.2, 0.25) is 0 Å². The average molecular weight is 238 g/mol. The molecule has 3 heteroatoms. The normalized spacial score (nSPS) is 11.8. The lowest BCUT2D eigenvalue weighted by atomic mass is 10.2. The fourth-order valence-electron chi connectivity index (χ4n) is 2.35. The first-order valence-corrected chi connectivity index (χ1v) is 6.41. The molecule has 0 bridgehead atoms. The van der Waals surface area contributed by atoms with E-state index in [1.807, 2.05) is 0 Å². The second-order valence-electron chi connectivity index (χ2n) is 4.24. The minimum Gasteiger partial charge on any atom is -0.283 e. The van der Waals surface area contributed by atoms with E-state index >= 15 is 0 Å². The first kappa shape index (κ1) is 9.19. The largest absolute Gasteiger partial charge is 0.283 e. The zero-order valence-corrected chi connectivity index (χ0v) is 10.2. The van der Waals surface area contributed by atoms with Gasteiger partial charge in [0.15, 0.2) is 4.96 Å². The zero-order valence-electron chi connectivity index (χ0n) is 9.34. The highest BCUT2D eigenvalue weighted by Crippen LogP contribution is 2.30. The molecule has 0 aliphatic rings. The number of hydrogen-bond acceptors (Lipinski definition) is 2. The summed E-state index contributed by atoms with van der Waals surface area (Å²) < 4.78 is 3.54. The lowest BCUT2D eigenvalue weighted by Crippen LogP contribution is -1.80. The van der Waals surface area contributed by atoms with E-state index in [9.17, 15) is 0 Å². The average Bonchev–Trinajstić information content (AvgIpc) is 2.85. The molecule has 2 heterocycles. The maximum atomic E-state index is 4.73. The molecule has 0 aliphatic heterocycles. The van der Waals surface area contributed by atoms with E-state index in [4.69, 9.17) is 4.98 Å². The minimum atomic E-state index is 1.08. The molecular formula is C14H10N2S. The number of nitrogens with zero attached hydrogens (tertiary/aromatic N) is 2. The number of hydrogen-bond donors (Lipinski definition) is 0. The number of aryl methyl sites for hydroxylation is 1. The second kappa shape index (κ2) is 3.08. The predicted octanol–water partition coefficient (Wildman–Crippen LogP) is 4.01. The highest BCUT2D eigenvalue weighted by atomic mass is 32.1. The molecule has 0 saturated heterocycles. The van der Waals surface area contributed by atoms with Gasteiger partial charge < -0.3 is 0 Å². The molecule has 0 aliphatic carbocycles. The molecular weight excluding hydrogens is 228 g/mol. The maximum absolute atomic E-state index is 4.73. The van der Waals surface area contributed by atoms with E-state index in [1.54, 1.807) is 11.3 Å². The van der Waals surface area contributed by atoms with Gasteiger partial charge in [-0.3, -0.25) is 4.40 Å². The van der Waals surface area contributed by atoms with Crippen molar-refractivity contribution in [3.8, 4) is 0 Å². The molecule has 0 radical (unpaired) electrons. The van der Waals surface area contributed by atoms with Crippen LogP contribution in [0.4, 0.5) is 0 Å². The molecule has 2 nitrogen and oxygen atoms in total. The lowest BCUT2D eigenvalue weighted by molar-refractivity contribution is 1.35. The highest BCUT2D eigenvalue weighted by molar-refractivity contribution is 7.23. The predicted molar refractivity (Wildman–Crippen MR) is 72.8 cm³/mol. The van der Waals surface area contributed by atoms with E-state index in [2.05, 4.69) is 53.8 Å². The molecule has 2 aromatic heterocycles. The molecule has 82 valence electrons. The Morgan fingerprint density at radius 3 is 2.76 bits per heavy atom. The van der Waals surface area contributed by atoms with Gasteiger partial charge in [-0.15, -0.1) is 0 Å². The molecule has 0 fully saturated rings. The van der Waals surface area contributed by atoms with Crippen LogP contribution in [-0.4, -0.2) is 9.38 Å². The number of thiazole rings is 1. The zero-order chi connectivity index (χ0) is 11.4. The summed E-state index contributed by atoms with van der Waals surface area (Å²) in [5.41, 5.74) is 4.81. The van der Waals surface area contributed by atoms with Crippen molar-refractivity contribution in [2.24, 2.45) is 0 Å². The van der Waals surface area contributed by atoms with Crippen LogP contribution >= 0.6 is 11.3 Å². The van der Waals surface area contributed by atoms with Crippen molar-refractivity contribution in [1.29, 1.82) is 0 Å². The highest BCUT2D eigenvalue weighted by Gasteiger charge is 2.11. The van der Waals surface area contributed by atoms with Gasteiger partial charge in [0, 0.05) is 0 Å². The van der Waals surface area contributed by atoms with Crippen molar-refractivity contribution in [1.82, 2.24) is 9.38 Å². The summed E-state index contributed by atoms with van der Waals surface area (Å²) in [5.74, 6) is 0. The van der Waals surface area contributed by atoms with Crippen molar-refractivity contribution in [2.45, 2.75) is 6.92 Å². The number of benzene rings is 2. The molecule has 0 N–H and O–H groups in total. The van der Waals surface area contributed by atoms with Crippen LogP contribution in [-0.2, 0) is 0 Å². The van der Waals surface area contributed by atoms with Crippen molar-refractivity contribution in [3.63, 3.8) is 0 Å². The van der Waals surface area contributed by atoms with E-state index < -0.39 is 0 Å². The first-order chi connectivity index (χ1) is 8.34. The number of fused-ring (bicyclic) bond motifs is 5. The van der Waals surface area contributed by atoms with E-state index in [0.717, 1.165) is 10.5 Å². The maximum Gasteiger partial charge on any atom is 0.195 e. The molecule has 4 rings (SSSR count). The van der Waals surface area contributed by atoms with Gasteiger partial charge in [-0.2, -0.15) is 0 Å². The second-order valence-corrected chi connectivity index (χ2v) is 5.25. The molecule has 0 spiro atoms. The quantitative estimate of drug-likeness (QED) is 0.452. The van der Waals surface area contributed by atoms with Crippen LogP contribution in [0.1, 0.15) is 5.56 Å². The Morgan fingerprint density at radius 1 is 1.00 bits per heavy atom. The van der Waals surface area contributed by atoms with Crippen molar-refractivity contribution in [3.05, 3.63) is 48.0 Å². The summed E-state index contributed by atoms with van der Waals surface area (Å²) in [6, 6.07) is 14.8. The van der Waals surface area contributed by atoms with E-state index in [1.165, 1.54) is 21.3 Å². The smallest absolute Gasteiger partial charge is 0.195 e. The standard InChI is InChI=1S/C14H10N2S/c1-9-5-4-7-11-13(9)15-14-16(11)10-6-2-3-8-12(10)17-14/h2-8H,1H3. The summed E-state index contributed by atoms with van der Waals surface area (Å²) in [4.78, 5) is 5.81. The Hall–Kier alpha value is -1.87. The Bertz CT molecular complexity index is 854. The topological polar surface area (TPSA) is 17.3 Å². The Balaban J connectivity index is 2.36. The first-order valence-electron chi connectivity index (χ1n) is 5.60. The van der Waals surface area contributed by atoms with Gasteiger partial charge in [0.25, 0.3) is 0 Å². The van der Waals surface area contributed by atoms with E-state index in [0.29, 0.717) is 0 Å². The van der Waals surface area contributed by atoms with Gasteiger partial charge in [-0.25, -0.2) is 4.98 Å². The van der Waals surface area contributed by atoms with Crippen LogP contribution in [0, 0.1) is 6.92 Å². The van der Waals surface area contributed by atoms with Crippen molar-refractivity contribution >= 4 is 37.5 Å². The van der Waals surface area contributed by atoms with Crippen molar-refractivity contribution < 1.29 is 0 Å². The molecule has 0 amide bonds. The van der Waals surface area contributed by atoms with Gasteiger partial charge in [-0.1, -0.05) is 35.6 Å². The summed E-state index contributed by atoms with van der Waals surface area (Å²) in [6.07, 6.45) is 0. The van der Waals surface area contributed by atoms with E-state index in [-0.39, 0.29) is 0 Å². The summed E-state index contributed by atoms with van der Waals surface area (Å²) in [6.45, 7) is 2.11. The summed E-state index contributed by atoms with van der Waals surface area (Å²) >= 11 is 1.75. The Kier molecular flexibility index (Phi) is 1.66. The van der Waals surface area contributed by atoms with Crippen LogP contribution in [0.15, 0.2) is 42.5 Å². The number of para-hydroxylation sites is 2. The molecule has 2 aromatic carbocycles. The molecule has 0 saturated carbocycles. The third-order valence-electron chi connectivity index (χ3n) is 3.16. The number of imidazole rings is 1. The molecule has 17 heavy (non-hydrogen) atoms. The lowest BCUT2D eigenvalue weighted by Gasteiger charge is -1.95. The number of rotatable bonds is 0. The Labute approximate surface area is 102 Å². The van der Waals surface area contributed by atoms with Crippen LogP contribution in [0.25, 0.3) is 26.2 Å². The molecule has 0 atom stereocenters. The Morgan fingerprint density at radius 2 is 1.82 bits per heavy atom. The van der Waals surface area contributed by atoms with Crippen molar-refractivity contribution in [2.75, 3.05) is 0 Å². The fraction of sp³-hybridized carbons (Fsp3) is 0.0714. The van der Waals surface area contributed by atoms with Gasteiger partial charge in [-0.05, 0) is 30.7 Å². The van der Waals surface area contributed by atoms with Crippen LogP contribution in [0.5, 0.6) is 0 Å². The summed E-state index contributed by atoms with van der Waals surface area (Å²) in [5, 5.41) is 0. The van der Waals surface area contributed by atoms with Gasteiger partial charge in [0.05, 0.1) is 21.3 Å². The van der Waals surface area contributed by atoms with Gasteiger partial charge in [0.1, 0.15) is 0 Å². The third-order valence-corrected chi connectivity index (χ3v) is 4.19. The molecule has 4 aromatic rings. The SMILES string of the molecule is Cc1cccc2c1nc1sc3ccccc3n12. The van der Waals surface area contributed by atoms with Gasteiger partial charge >= 0.3 is 0 Å². The van der Waals surface area contributed by atoms with Crippen LogP contribution < -0.4 is 0 Å². The fourth-order valence-corrected chi connectivity index (χ4v) is 3.38. The molecule has 0 unspecified atom stereocenters.